The summed E-state index contributed by atoms with van der Waals surface area (Å²) in [5.41, 5.74) is 2.07. The first-order chi connectivity index (χ1) is 43.9. The Bertz CT molecular complexity index is 2730. The van der Waals surface area contributed by atoms with Crippen molar-refractivity contribution < 1.29 is 90.2 Å². The molecule has 25 atom stereocenters. The quantitative estimate of drug-likeness (QED) is 0.0450. The van der Waals surface area contributed by atoms with E-state index in [1.165, 1.54) is 13.8 Å². The molecule has 3 aromatic carbocycles. The van der Waals surface area contributed by atoms with Gasteiger partial charge >= 0.3 is 18.0 Å². The van der Waals surface area contributed by atoms with Crippen LogP contribution >= 0.6 is 34.8 Å². The number of benzene rings is 3. The number of amides is 1. The Morgan fingerprint density at radius 2 is 0.880 bits per heavy atom. The Hall–Kier alpha value is -4.10. The molecule has 23 heteroatoms. The molecular formula is C69H98Cl3NO19. The lowest BCUT2D eigenvalue weighted by Gasteiger charge is -2.51. The number of nitrogens with one attached hydrogen (secondary N) is 1. The van der Waals surface area contributed by atoms with Crippen molar-refractivity contribution in [1.29, 1.82) is 0 Å². The van der Waals surface area contributed by atoms with Gasteiger partial charge in [-0.15, -0.1) is 0 Å². The maximum absolute atomic E-state index is 13.9. The highest BCUT2D eigenvalue weighted by atomic mass is 35.6. The van der Waals surface area contributed by atoms with Crippen LogP contribution in [0.4, 0.5) is 4.79 Å². The van der Waals surface area contributed by atoms with Crippen molar-refractivity contribution in [3.05, 3.63) is 96.1 Å². The van der Waals surface area contributed by atoms with Crippen molar-refractivity contribution >= 4 is 52.8 Å². The minimum atomic E-state index is -1.91. The van der Waals surface area contributed by atoms with Crippen molar-refractivity contribution in [1.82, 2.24) is 5.32 Å². The zero-order valence-electron chi connectivity index (χ0n) is 55.6. The highest BCUT2D eigenvalue weighted by Crippen LogP contribution is 2.44. The number of carbonyl (C=O) groups excluding carboxylic acids is 3. The van der Waals surface area contributed by atoms with E-state index in [0.29, 0.717) is 44.2 Å². The van der Waals surface area contributed by atoms with Gasteiger partial charge in [-0.25, -0.2) is 4.79 Å². The number of alkyl halides is 3. The van der Waals surface area contributed by atoms with Crippen LogP contribution in [-0.4, -0.2) is 154 Å². The van der Waals surface area contributed by atoms with Gasteiger partial charge in [-0.1, -0.05) is 172 Å². The van der Waals surface area contributed by atoms with Gasteiger partial charge in [0, 0.05) is 37.5 Å². The van der Waals surface area contributed by atoms with Gasteiger partial charge in [0.15, 0.2) is 37.4 Å². The van der Waals surface area contributed by atoms with E-state index in [-0.39, 0.29) is 66.7 Å². The fraction of sp³-hybridized carbons (Fsp3) is 0.696. The Kier molecular flexibility index (Phi) is 27.4. The van der Waals surface area contributed by atoms with E-state index in [1.54, 1.807) is 31.4 Å². The summed E-state index contributed by atoms with van der Waals surface area (Å²) >= 11 is 18.2. The number of methoxy groups -OCH3 is 1. The zero-order chi connectivity index (χ0) is 66.6. The average Bonchev–Trinajstić information content (AvgIpc) is 0.797. The molecule has 8 rings (SSSR count). The van der Waals surface area contributed by atoms with Crippen LogP contribution in [0.3, 0.4) is 0 Å². The molecule has 5 aliphatic heterocycles. The molecular weight excluding hydrogens is 1250 g/mol. The van der Waals surface area contributed by atoms with Gasteiger partial charge in [-0.2, -0.15) is 0 Å². The number of rotatable bonds is 26. The SMILES string of the molecule is CCC1O[C@@H](OCC2O[C@H](Oc3ccc(OC)cc3)C(O[C@@H]3OC(CC)[C@@H](O[C@@H]4OC(COCc5ccccc5)[C@H](C)[C@H](C)C4OC(C)=O)[C@H](C)C3NC(=O)OCC(Cl)(Cl)Cl)[C@@H](C)[C@@H]2C)C(C)[C@@H](C)[C@@H]1O[C@@H]1OC(COCc2ccccc2)[C@H](C)[C@H](C)C1OC(C)=O. The van der Waals surface area contributed by atoms with Gasteiger partial charge in [0.2, 0.25) is 10.1 Å². The molecule has 5 saturated heterocycles. The van der Waals surface area contributed by atoms with Gasteiger partial charge in [-0.3, -0.25) is 9.59 Å². The lowest BCUT2D eigenvalue weighted by atomic mass is 9.82. The van der Waals surface area contributed by atoms with Gasteiger partial charge in [0.1, 0.15) is 24.2 Å². The first-order valence-electron chi connectivity index (χ1n) is 32.6. The molecule has 0 aromatic heterocycles. The molecule has 0 aliphatic carbocycles. The largest absolute Gasteiger partial charge is 0.497 e. The fourth-order valence-electron chi connectivity index (χ4n) is 13.0. The number of hydrogen-bond donors (Lipinski definition) is 1. The summed E-state index contributed by atoms with van der Waals surface area (Å²) in [6.07, 6.45) is -10.7. The third kappa shape index (κ3) is 19.3. The van der Waals surface area contributed by atoms with Gasteiger partial charge in [0.05, 0.1) is 88.9 Å². The summed E-state index contributed by atoms with van der Waals surface area (Å²) in [6, 6.07) is 26.0. The maximum atomic E-state index is 13.9. The fourth-order valence-corrected chi connectivity index (χ4v) is 13.2. The maximum Gasteiger partial charge on any atom is 0.407 e. The van der Waals surface area contributed by atoms with E-state index >= 15 is 0 Å². The van der Waals surface area contributed by atoms with Crippen LogP contribution in [0, 0.1) is 53.3 Å². The lowest BCUT2D eigenvalue weighted by molar-refractivity contribution is -0.353. The molecule has 3 aromatic rings. The number of alkyl carbamates (subject to hydrolysis) is 1. The van der Waals surface area contributed by atoms with Crippen LogP contribution in [0.25, 0.3) is 0 Å². The third-order valence-corrected chi connectivity index (χ3v) is 19.8. The number of carbonyl (C=O) groups is 3. The van der Waals surface area contributed by atoms with Crippen molar-refractivity contribution in [2.45, 2.75) is 218 Å². The summed E-state index contributed by atoms with van der Waals surface area (Å²) in [5.74, 6) is -1.66. The van der Waals surface area contributed by atoms with Gasteiger partial charge in [-0.05, 0) is 77.8 Å². The van der Waals surface area contributed by atoms with Crippen molar-refractivity contribution in [2.75, 3.05) is 33.5 Å². The minimum Gasteiger partial charge on any atom is -0.497 e. The van der Waals surface area contributed by atoms with Gasteiger partial charge in [0.25, 0.3) is 0 Å². The molecule has 5 heterocycles. The van der Waals surface area contributed by atoms with E-state index in [0.717, 1.165) is 11.1 Å². The summed E-state index contributed by atoms with van der Waals surface area (Å²) in [5, 5.41) is 2.96. The predicted octanol–water partition coefficient (Wildman–Crippen LogP) is 12.2. The van der Waals surface area contributed by atoms with Crippen LogP contribution in [0.2, 0.25) is 0 Å². The van der Waals surface area contributed by atoms with Gasteiger partial charge < -0.3 is 81.1 Å². The number of ether oxygens (including phenoxy) is 16. The van der Waals surface area contributed by atoms with Crippen molar-refractivity contribution in [3.63, 3.8) is 0 Å². The van der Waals surface area contributed by atoms with Crippen LogP contribution < -0.4 is 14.8 Å². The Morgan fingerprint density at radius 3 is 1.35 bits per heavy atom. The second-order valence-corrected chi connectivity index (χ2v) is 28.2. The monoisotopic (exact) mass is 1350 g/mol. The van der Waals surface area contributed by atoms with E-state index in [1.807, 2.05) is 95.3 Å². The van der Waals surface area contributed by atoms with Crippen LogP contribution in [-0.2, 0) is 89.1 Å². The van der Waals surface area contributed by atoms with Crippen molar-refractivity contribution in [2.24, 2.45) is 53.3 Å². The molecule has 1 N–H and O–H groups in total. The summed E-state index contributed by atoms with van der Waals surface area (Å²) in [7, 11) is 1.58. The second-order valence-electron chi connectivity index (χ2n) is 25.7. The summed E-state index contributed by atoms with van der Waals surface area (Å²) in [4.78, 5) is 39.2. The Balaban J connectivity index is 0.997. The smallest absolute Gasteiger partial charge is 0.407 e. The average molecular weight is 1350 g/mol. The highest BCUT2D eigenvalue weighted by Gasteiger charge is 2.55. The summed E-state index contributed by atoms with van der Waals surface area (Å²) in [6.45, 7) is 26.1. The first-order valence-corrected chi connectivity index (χ1v) is 33.7. The molecule has 1 amide bonds. The predicted molar refractivity (Wildman–Crippen MR) is 342 cm³/mol. The van der Waals surface area contributed by atoms with Crippen LogP contribution in [0.1, 0.15) is 114 Å². The van der Waals surface area contributed by atoms with E-state index in [4.69, 9.17) is 111 Å². The molecule has 5 aliphatic rings. The summed E-state index contributed by atoms with van der Waals surface area (Å²) < 4.78 is 102. The van der Waals surface area contributed by atoms with Crippen molar-refractivity contribution in [3.8, 4) is 11.5 Å². The molecule has 0 radical (unpaired) electrons. The Labute approximate surface area is 558 Å². The number of esters is 2. The zero-order valence-corrected chi connectivity index (χ0v) is 57.8. The molecule has 20 nitrogen and oxygen atoms in total. The van der Waals surface area contributed by atoms with E-state index in [2.05, 4.69) is 46.9 Å². The molecule has 0 spiro atoms. The standard InChI is InChI=1S/C69H98Cl3NO19/c1-15-52-58(90-66-60(82-46(12)74)40(6)37(3)54(87-66)33-78-31-48-23-19-17-20-24-48)43(9)44(10)63(85-52)80-35-56-39(5)42(8)62(65(89-56)84-51-29-27-50(77-14)28-30-51)92-64-57(73-68(76)81-36-69(70,71)72)45(11)59(53(16-2)86-64)91-67-61(83-47(13)75)41(7)38(4)55(88-67)34-79-32-49-25-21-18-22-26-49/h17-30,37-45,52-67H,15-16,31-36H2,1-14H3,(H,73,76)/t37-,38-,39+,40+,41+,42+,43-,44?,45-,52?,53?,54?,55?,56?,57?,58+,59+,60?,61?,62?,63-,64+,65+,66+,67+/m1/s1. The van der Waals surface area contributed by atoms with Crippen LogP contribution in [0.15, 0.2) is 84.9 Å². The molecule has 10 unspecified atom stereocenters. The third-order valence-electron chi connectivity index (χ3n) is 19.5. The first kappa shape index (κ1) is 73.7. The topological polar surface area (TPSA) is 211 Å². The van der Waals surface area contributed by atoms with E-state index < -0.39 is 127 Å². The molecule has 0 saturated carbocycles. The Morgan fingerprint density at radius 1 is 0.467 bits per heavy atom. The molecule has 0 bridgehead atoms. The number of hydrogen-bond acceptors (Lipinski definition) is 19. The van der Waals surface area contributed by atoms with E-state index in [9.17, 15) is 14.4 Å². The normalized spacial score (nSPS) is 36.7. The minimum absolute atomic E-state index is 0.00654. The van der Waals surface area contributed by atoms with Crippen LogP contribution in [0.5, 0.6) is 11.5 Å². The second kappa shape index (κ2) is 34.2. The number of halogens is 3. The molecule has 92 heavy (non-hydrogen) atoms. The highest BCUT2D eigenvalue weighted by molar-refractivity contribution is 6.67. The molecule has 5 fully saturated rings. The molecule has 514 valence electrons. The lowest BCUT2D eigenvalue weighted by Crippen LogP contribution is -2.65.